The molecule has 0 unspecified atom stereocenters. The van der Waals surface area contributed by atoms with Gasteiger partial charge in [0.25, 0.3) is 0 Å². The van der Waals surface area contributed by atoms with Crippen molar-refractivity contribution in [2.24, 2.45) is 10.2 Å². The Hall–Kier alpha value is -0.240. The van der Waals surface area contributed by atoms with Gasteiger partial charge in [-0.25, -0.2) is 29.4 Å². The second-order valence-corrected chi connectivity index (χ2v) is 13.3. The zero-order chi connectivity index (χ0) is 28.7. The molecule has 23 heteroatoms. The molecule has 3 N–H and O–H groups in total. The summed E-state index contributed by atoms with van der Waals surface area (Å²) in [6.07, 6.45) is 0. The van der Waals surface area contributed by atoms with E-state index < -0.39 is 90.5 Å². The predicted octanol–water partition coefficient (Wildman–Crippen LogP) is -8.68. The Bertz CT molecular complexity index is 1900. The maximum atomic E-state index is 12.9. The Morgan fingerprint density at radius 2 is 1.37 bits per heavy atom. The summed E-state index contributed by atoms with van der Waals surface area (Å²) in [7, 11) is -19.3. The first-order valence-corrected chi connectivity index (χ1v) is 15.5. The average molecular weight is 678 g/mol. The third-order valence-electron chi connectivity index (χ3n) is 4.74. The summed E-state index contributed by atoms with van der Waals surface area (Å²) in [6.45, 7) is -0.866. The molecule has 0 aliphatic heterocycles. The molecule has 0 heterocycles. The number of nitrogen functional groups attached to an aromatic ring is 1. The first-order chi connectivity index (χ1) is 17.3. The molecule has 0 spiro atoms. The van der Waals surface area contributed by atoms with Gasteiger partial charge in [-0.05, 0) is 53.2 Å². The third kappa shape index (κ3) is 10.7. The molecule has 0 atom stereocenters. The van der Waals surface area contributed by atoms with Crippen LogP contribution in [0.4, 0.5) is 17.1 Å². The number of anilines is 1. The maximum absolute atomic E-state index is 12.9. The number of nitrogens with zero attached hydrogens (tertiary/aromatic N) is 2. The van der Waals surface area contributed by atoms with E-state index in [0.717, 1.165) is 24.3 Å². The summed E-state index contributed by atoms with van der Waals surface area (Å²) in [6, 6.07) is 6.16. The molecule has 0 fully saturated rings. The van der Waals surface area contributed by atoms with Crippen LogP contribution in [0.15, 0.2) is 67.4 Å². The minimum atomic E-state index is -5.38. The summed E-state index contributed by atoms with van der Waals surface area (Å²) in [5.74, 6) is -2.03. The third-order valence-corrected chi connectivity index (χ3v) is 8.56. The fourth-order valence-corrected chi connectivity index (χ4v) is 5.77. The van der Waals surface area contributed by atoms with E-state index in [9.17, 15) is 47.9 Å². The van der Waals surface area contributed by atoms with E-state index in [-0.39, 0.29) is 99.3 Å². The van der Waals surface area contributed by atoms with Crippen molar-refractivity contribution in [2.45, 2.75) is 14.7 Å². The monoisotopic (exact) mass is 677 g/mol. The van der Waals surface area contributed by atoms with Crippen molar-refractivity contribution in [1.29, 1.82) is 0 Å². The van der Waals surface area contributed by atoms with Crippen LogP contribution in [-0.2, 0) is 44.7 Å². The number of fused-ring (bicyclic) bond motifs is 1. The van der Waals surface area contributed by atoms with E-state index in [1.807, 2.05) is 0 Å². The molecule has 41 heavy (non-hydrogen) atoms. The Balaban J connectivity index is 0.00000533. The molecule has 0 bridgehead atoms. The number of rotatable bonds is 9. The molecule has 3 aromatic rings. The van der Waals surface area contributed by atoms with Crippen LogP contribution in [0.25, 0.3) is 10.8 Å². The number of hydrogen-bond acceptors (Lipinski definition) is 15. The van der Waals surface area contributed by atoms with Gasteiger partial charge in [0.2, 0.25) is 0 Å². The van der Waals surface area contributed by atoms with Crippen LogP contribution in [0, 0.1) is 0 Å². The molecule has 16 nitrogen and oxygen atoms in total. The minimum Gasteiger partial charge on any atom is -0.870 e. The molecular weight excluding hydrogens is 663 g/mol. The van der Waals surface area contributed by atoms with Gasteiger partial charge >= 0.3 is 99.1 Å². The Kier molecular flexibility index (Phi) is 15.1. The Labute approximate surface area is 301 Å². The summed E-state index contributed by atoms with van der Waals surface area (Å²) in [5, 5.41) is 19.2. The van der Waals surface area contributed by atoms with E-state index in [1.165, 1.54) is 0 Å². The van der Waals surface area contributed by atoms with Crippen LogP contribution in [0.1, 0.15) is 0 Å². The van der Waals surface area contributed by atoms with Crippen molar-refractivity contribution < 1.29 is 145 Å². The van der Waals surface area contributed by atoms with Crippen molar-refractivity contribution in [2.75, 3.05) is 18.1 Å². The minimum absolute atomic E-state index is 0. The van der Waals surface area contributed by atoms with Crippen LogP contribution in [-0.4, -0.2) is 59.7 Å². The van der Waals surface area contributed by atoms with Crippen molar-refractivity contribution in [3.8, 4) is 5.75 Å². The standard InChI is InChI=1S/C18H17N3O13S4.3Na/c19-14-9-13(36(25,26)27)7-10-8-15(37(28,29)30)17(18(22)16(10)14)21-20-11-1-3-12(4-2-11)35(23,24)6-5-34-38(31,32)33;;;/h1-4,7-9,22H,5-6,19H2,(H,25,26,27)(H,28,29,30)(H,31,32,33);;;/q;3*+1/p-3. The maximum Gasteiger partial charge on any atom is 1.00 e. The molecule has 0 aliphatic rings. The molecule has 3 aromatic carbocycles. The van der Waals surface area contributed by atoms with Crippen molar-refractivity contribution >= 4 is 68.3 Å². The summed E-state index contributed by atoms with van der Waals surface area (Å²) < 4.78 is 127. The van der Waals surface area contributed by atoms with Gasteiger partial charge in [0.05, 0.1) is 38.4 Å². The quantitative estimate of drug-likeness (QED) is 0.0921. The topological polar surface area (TPSA) is 286 Å². The van der Waals surface area contributed by atoms with Gasteiger partial charge in [-0.2, -0.15) is 13.5 Å². The van der Waals surface area contributed by atoms with Crippen molar-refractivity contribution in [3.05, 3.63) is 42.5 Å². The zero-order valence-electron chi connectivity index (χ0n) is 21.4. The first kappa shape index (κ1) is 40.8. The van der Waals surface area contributed by atoms with Gasteiger partial charge in [-0.1, -0.05) is 5.75 Å². The first-order valence-electron chi connectivity index (χ1n) is 9.65. The SMILES string of the molecule is Nc1cc(S(=O)(=O)[O-])cc2cc(S(=O)(=O)[O-])c(N=Nc3ccc(S(=O)(=O)CCOS(=O)(=O)O)cc3)c([O-])c12.[Na+].[Na+].[Na+]. The normalized spacial score (nSPS) is 12.4. The second-order valence-electron chi connectivity index (χ2n) is 7.33. The van der Waals surface area contributed by atoms with E-state index in [1.54, 1.807) is 0 Å². The van der Waals surface area contributed by atoms with Gasteiger partial charge < -0.3 is 19.9 Å². The van der Waals surface area contributed by atoms with Crippen molar-refractivity contribution in [3.63, 3.8) is 0 Å². The number of nitrogens with two attached hydrogens (primary N) is 1. The Morgan fingerprint density at radius 3 is 1.85 bits per heavy atom. The molecule has 0 aliphatic carbocycles. The molecule has 3 rings (SSSR count). The smallest absolute Gasteiger partial charge is 0.870 e. The Morgan fingerprint density at radius 1 is 0.805 bits per heavy atom. The van der Waals surface area contributed by atoms with E-state index in [0.29, 0.717) is 18.2 Å². The van der Waals surface area contributed by atoms with Crippen LogP contribution in [0.5, 0.6) is 5.75 Å². The molecule has 0 saturated heterocycles. The van der Waals surface area contributed by atoms with Crippen LogP contribution >= 0.6 is 0 Å². The van der Waals surface area contributed by atoms with E-state index >= 15 is 0 Å². The number of sulfone groups is 1. The molecule has 0 amide bonds. The van der Waals surface area contributed by atoms with Crippen LogP contribution < -0.4 is 99.5 Å². The summed E-state index contributed by atoms with van der Waals surface area (Å²) >= 11 is 0. The largest absolute Gasteiger partial charge is 1.00 e. The fourth-order valence-electron chi connectivity index (χ4n) is 3.10. The fraction of sp³-hybridized carbons (Fsp3) is 0.111. The molecule has 0 radical (unpaired) electrons. The van der Waals surface area contributed by atoms with Gasteiger partial charge in [-0.3, -0.25) is 4.55 Å². The van der Waals surface area contributed by atoms with Crippen LogP contribution in [0.2, 0.25) is 0 Å². The molecule has 0 saturated carbocycles. The van der Waals surface area contributed by atoms with E-state index in [4.69, 9.17) is 10.3 Å². The van der Waals surface area contributed by atoms with Gasteiger partial charge in [0.15, 0.2) is 9.84 Å². The zero-order valence-corrected chi connectivity index (χ0v) is 30.7. The number of benzene rings is 3. The molecule has 0 aromatic heterocycles. The predicted molar refractivity (Wildman–Crippen MR) is 124 cm³/mol. The van der Waals surface area contributed by atoms with Gasteiger partial charge in [0, 0.05) is 5.69 Å². The van der Waals surface area contributed by atoms with Gasteiger partial charge in [-0.15, -0.1) is 5.11 Å². The van der Waals surface area contributed by atoms with Crippen LogP contribution in [0.3, 0.4) is 0 Å². The average Bonchev–Trinajstić information content (AvgIpc) is 2.76. The summed E-state index contributed by atoms with van der Waals surface area (Å²) in [5.41, 5.74) is 4.08. The van der Waals surface area contributed by atoms with E-state index in [2.05, 4.69) is 14.4 Å². The molecular formula is C18H14N3Na3O13S4. The number of hydrogen-bond donors (Lipinski definition) is 2. The molecule has 206 valence electrons. The van der Waals surface area contributed by atoms with Crippen molar-refractivity contribution in [1.82, 2.24) is 0 Å². The van der Waals surface area contributed by atoms with Gasteiger partial charge in [0.1, 0.15) is 20.2 Å². The second kappa shape index (κ2) is 15.2. The number of azo groups is 1. The summed E-state index contributed by atoms with van der Waals surface area (Å²) in [4.78, 5) is -2.37.